The summed E-state index contributed by atoms with van der Waals surface area (Å²) >= 11 is 1.46. The van der Waals surface area contributed by atoms with Crippen molar-refractivity contribution in [2.75, 3.05) is 39.2 Å². The van der Waals surface area contributed by atoms with Crippen molar-refractivity contribution in [1.82, 2.24) is 4.90 Å². The average molecular weight is 322 g/mol. The molecule has 2 aliphatic heterocycles. The molecule has 0 N–H and O–H groups in total. The molecule has 0 aliphatic carbocycles. The number of nitrogens with zero attached hydrogens (tertiary/aromatic N) is 2. The highest BCUT2D eigenvalue weighted by molar-refractivity contribution is 8.15. The van der Waals surface area contributed by atoms with E-state index in [2.05, 4.69) is 4.99 Å². The predicted molar refractivity (Wildman–Crippen MR) is 85.2 cm³/mol. The molecule has 1 aromatic carbocycles. The summed E-state index contributed by atoms with van der Waals surface area (Å²) < 4.78 is 16.1. The zero-order valence-electron chi connectivity index (χ0n) is 12.4. The summed E-state index contributed by atoms with van der Waals surface area (Å²) in [5, 5.41) is 0.734. The monoisotopic (exact) mass is 322 g/mol. The number of benzene rings is 1. The Bertz CT molecular complexity index is 591. The van der Waals surface area contributed by atoms with E-state index in [0.717, 1.165) is 23.0 Å². The number of amidine groups is 1. The maximum Gasteiger partial charge on any atom is 0.239 e. The first-order chi connectivity index (χ1) is 10.8. The van der Waals surface area contributed by atoms with E-state index in [1.54, 1.807) is 12.0 Å². The smallest absolute Gasteiger partial charge is 0.239 e. The highest BCUT2D eigenvalue weighted by Crippen LogP contribution is 2.34. The van der Waals surface area contributed by atoms with Gasteiger partial charge in [-0.05, 0) is 18.6 Å². The molecule has 2 heterocycles. The predicted octanol–water partition coefficient (Wildman–Crippen LogP) is 2.06. The second kappa shape index (κ2) is 7.02. The molecule has 1 aromatic rings. The summed E-state index contributed by atoms with van der Waals surface area (Å²) in [6.45, 7) is 2.37. The van der Waals surface area contributed by atoms with E-state index < -0.39 is 0 Å². The van der Waals surface area contributed by atoms with E-state index in [-0.39, 0.29) is 5.91 Å². The Morgan fingerprint density at radius 3 is 2.95 bits per heavy atom. The molecule has 7 heteroatoms. The number of ether oxygens (including phenoxy) is 3. The minimum atomic E-state index is 0.0948. The molecule has 0 radical (unpaired) electrons. The molecular weight excluding hydrogens is 304 g/mol. The highest BCUT2D eigenvalue weighted by Gasteiger charge is 2.27. The molecule has 0 saturated carbocycles. The number of amides is 1. The van der Waals surface area contributed by atoms with Crippen LogP contribution in [0.3, 0.4) is 0 Å². The van der Waals surface area contributed by atoms with Gasteiger partial charge in [-0.2, -0.15) is 0 Å². The first-order valence-electron chi connectivity index (χ1n) is 7.18. The topological polar surface area (TPSA) is 60.4 Å². The van der Waals surface area contributed by atoms with Crippen LogP contribution < -0.4 is 9.47 Å². The van der Waals surface area contributed by atoms with Gasteiger partial charge >= 0.3 is 0 Å². The lowest BCUT2D eigenvalue weighted by atomic mass is 10.2. The van der Waals surface area contributed by atoms with Gasteiger partial charge in [-0.3, -0.25) is 9.69 Å². The number of methoxy groups -OCH3 is 1. The lowest BCUT2D eigenvalue weighted by Crippen LogP contribution is -2.31. The fourth-order valence-electron chi connectivity index (χ4n) is 2.28. The molecule has 118 valence electrons. The number of thioether (sulfide) groups is 1. The molecule has 3 rings (SSSR count). The number of rotatable bonds is 5. The van der Waals surface area contributed by atoms with Crippen molar-refractivity contribution in [3.05, 3.63) is 18.2 Å². The highest BCUT2D eigenvalue weighted by atomic mass is 32.2. The van der Waals surface area contributed by atoms with Crippen LogP contribution in [-0.4, -0.2) is 55.2 Å². The van der Waals surface area contributed by atoms with Gasteiger partial charge in [-0.15, -0.1) is 0 Å². The summed E-state index contributed by atoms with van der Waals surface area (Å²) in [7, 11) is 1.66. The van der Waals surface area contributed by atoms with Gasteiger partial charge in [0.15, 0.2) is 16.7 Å². The molecule has 0 atom stereocenters. The van der Waals surface area contributed by atoms with Crippen molar-refractivity contribution < 1.29 is 19.0 Å². The number of fused-ring (bicyclic) bond motifs is 1. The number of carbonyl (C=O) groups excluding carboxylic acids is 1. The van der Waals surface area contributed by atoms with Crippen LogP contribution in [0, 0.1) is 0 Å². The number of hydrogen-bond donors (Lipinski definition) is 0. The van der Waals surface area contributed by atoms with Gasteiger partial charge in [-0.25, -0.2) is 4.99 Å². The molecule has 0 bridgehead atoms. The van der Waals surface area contributed by atoms with Crippen LogP contribution in [0.5, 0.6) is 11.5 Å². The van der Waals surface area contributed by atoms with Gasteiger partial charge in [0.1, 0.15) is 13.2 Å². The first-order valence-corrected chi connectivity index (χ1v) is 8.17. The molecule has 0 aromatic heterocycles. The molecule has 0 unspecified atom stereocenters. The van der Waals surface area contributed by atoms with Crippen LogP contribution >= 0.6 is 11.8 Å². The molecule has 1 saturated heterocycles. The Labute approximate surface area is 133 Å². The Balaban J connectivity index is 1.76. The lowest BCUT2D eigenvalue weighted by molar-refractivity contribution is -0.124. The maximum atomic E-state index is 11.9. The van der Waals surface area contributed by atoms with E-state index in [1.807, 2.05) is 18.2 Å². The lowest BCUT2D eigenvalue weighted by Gasteiger charge is -2.19. The van der Waals surface area contributed by atoms with Gasteiger partial charge in [-0.1, -0.05) is 11.8 Å². The number of carbonyl (C=O) groups is 1. The van der Waals surface area contributed by atoms with Crippen molar-refractivity contribution in [2.24, 2.45) is 4.99 Å². The molecule has 1 fully saturated rings. The third-order valence-electron chi connectivity index (χ3n) is 3.34. The Morgan fingerprint density at radius 2 is 2.14 bits per heavy atom. The summed E-state index contributed by atoms with van der Waals surface area (Å²) in [5.41, 5.74) is 0.762. The normalized spacial score (nSPS) is 19.0. The van der Waals surface area contributed by atoms with Gasteiger partial charge in [0.25, 0.3) is 0 Å². The standard InChI is InChI=1S/C15H18N2O4S/c1-19-6-2-5-17-14(18)10-22-15(17)16-11-3-4-12-13(9-11)21-8-7-20-12/h3-4,9H,2,5-8,10H2,1H3. The number of hydrogen-bond acceptors (Lipinski definition) is 6. The van der Waals surface area contributed by atoms with Gasteiger partial charge < -0.3 is 14.2 Å². The first kappa shape index (κ1) is 15.2. The second-order valence-corrected chi connectivity index (χ2v) is 5.85. The zero-order chi connectivity index (χ0) is 15.4. The van der Waals surface area contributed by atoms with Crippen molar-refractivity contribution in [3.8, 4) is 11.5 Å². The van der Waals surface area contributed by atoms with Crippen LogP contribution in [-0.2, 0) is 9.53 Å². The van der Waals surface area contributed by atoms with Crippen LogP contribution in [0.15, 0.2) is 23.2 Å². The molecule has 0 spiro atoms. The van der Waals surface area contributed by atoms with Crippen molar-refractivity contribution in [3.63, 3.8) is 0 Å². The fraction of sp³-hybridized carbons (Fsp3) is 0.467. The third-order valence-corrected chi connectivity index (χ3v) is 4.30. The van der Waals surface area contributed by atoms with E-state index >= 15 is 0 Å². The summed E-state index contributed by atoms with van der Waals surface area (Å²) in [5.74, 6) is 1.98. The fourth-order valence-corrected chi connectivity index (χ4v) is 3.21. The van der Waals surface area contributed by atoms with Crippen LogP contribution in [0.25, 0.3) is 0 Å². The van der Waals surface area contributed by atoms with E-state index in [9.17, 15) is 4.79 Å². The van der Waals surface area contributed by atoms with Gasteiger partial charge in [0, 0.05) is 26.3 Å². The van der Waals surface area contributed by atoms with Crippen LogP contribution in [0.4, 0.5) is 5.69 Å². The summed E-state index contributed by atoms with van der Waals surface area (Å²) in [6.07, 6.45) is 0.795. The maximum absolute atomic E-state index is 11.9. The van der Waals surface area contributed by atoms with Crippen LogP contribution in [0.2, 0.25) is 0 Å². The minimum Gasteiger partial charge on any atom is -0.486 e. The van der Waals surface area contributed by atoms with E-state index in [4.69, 9.17) is 14.2 Å². The summed E-state index contributed by atoms with van der Waals surface area (Å²) in [4.78, 5) is 18.2. The van der Waals surface area contributed by atoms with E-state index in [1.165, 1.54) is 11.8 Å². The van der Waals surface area contributed by atoms with Crippen molar-refractivity contribution in [2.45, 2.75) is 6.42 Å². The SMILES string of the molecule is COCCCN1C(=O)CSC1=Nc1ccc2c(c1)OCCO2. The van der Waals surface area contributed by atoms with E-state index in [0.29, 0.717) is 37.9 Å². The minimum absolute atomic E-state index is 0.0948. The van der Waals surface area contributed by atoms with Crippen molar-refractivity contribution in [1.29, 1.82) is 0 Å². The van der Waals surface area contributed by atoms with Gasteiger partial charge in [0.05, 0.1) is 11.4 Å². The average Bonchev–Trinajstić information content (AvgIpc) is 2.88. The van der Waals surface area contributed by atoms with Crippen molar-refractivity contribution >= 4 is 28.5 Å². The number of aliphatic imine (C=N–C) groups is 1. The Hall–Kier alpha value is -1.73. The zero-order valence-corrected chi connectivity index (χ0v) is 13.2. The molecule has 1 amide bonds. The molecule has 2 aliphatic rings. The largest absolute Gasteiger partial charge is 0.486 e. The Morgan fingerprint density at radius 1 is 1.32 bits per heavy atom. The quantitative estimate of drug-likeness (QED) is 0.777. The molecule has 22 heavy (non-hydrogen) atoms. The third kappa shape index (κ3) is 3.36. The summed E-state index contributed by atoms with van der Waals surface area (Å²) in [6, 6.07) is 5.57. The molecular formula is C15H18N2O4S. The molecule has 6 nitrogen and oxygen atoms in total. The Kier molecular flexibility index (Phi) is 4.84. The second-order valence-electron chi connectivity index (χ2n) is 4.90. The van der Waals surface area contributed by atoms with Gasteiger partial charge in [0.2, 0.25) is 5.91 Å². The van der Waals surface area contributed by atoms with Crippen LogP contribution in [0.1, 0.15) is 6.42 Å².